The third kappa shape index (κ3) is 10.5. The number of alkyl halides is 3. The average molecular weight is 362 g/mol. The second-order valence-corrected chi connectivity index (χ2v) is 6.54. The summed E-state index contributed by atoms with van der Waals surface area (Å²) in [6.07, 6.45) is 0.748. The molecule has 0 aromatic rings. The van der Waals surface area contributed by atoms with E-state index in [1.807, 2.05) is 0 Å². The van der Waals surface area contributed by atoms with Crippen LogP contribution >= 0.6 is 34.8 Å². The molecule has 1 N–H and O–H groups in total. The van der Waals surface area contributed by atoms with Crippen LogP contribution in [0.5, 0.6) is 0 Å². The Kier molecular flexibility index (Phi) is 9.57. The quantitative estimate of drug-likeness (QED) is 0.429. The van der Waals surface area contributed by atoms with Crippen LogP contribution in [0, 0.1) is 0 Å². The molecule has 0 aliphatic heterocycles. The van der Waals surface area contributed by atoms with Crippen LogP contribution in [-0.2, 0) is 14.3 Å². The van der Waals surface area contributed by atoms with E-state index in [2.05, 4.69) is 10.1 Å². The van der Waals surface area contributed by atoms with Crippen LogP contribution in [0.2, 0.25) is 0 Å². The minimum absolute atomic E-state index is 0.318. The molecule has 0 aliphatic carbocycles. The Morgan fingerprint density at radius 1 is 1.33 bits per heavy atom. The van der Waals surface area contributed by atoms with Gasteiger partial charge in [0.1, 0.15) is 6.61 Å². The van der Waals surface area contributed by atoms with E-state index in [1.54, 1.807) is 13.8 Å². The number of nitrogens with zero attached hydrogens (tertiary/aromatic N) is 1. The highest BCUT2D eigenvalue weighted by Gasteiger charge is 2.23. The van der Waals surface area contributed by atoms with Crippen molar-refractivity contribution >= 4 is 46.9 Å². The lowest BCUT2D eigenvalue weighted by molar-refractivity contribution is -0.134. The van der Waals surface area contributed by atoms with E-state index in [-0.39, 0.29) is 6.61 Å². The fourth-order valence-corrected chi connectivity index (χ4v) is 1.45. The van der Waals surface area contributed by atoms with Gasteiger partial charge in [-0.25, -0.2) is 9.59 Å². The number of carbonyl (C=O) groups is 2. The lowest BCUT2D eigenvalue weighted by Crippen LogP contribution is -2.38. The Bertz CT molecular complexity index is 383. The summed E-state index contributed by atoms with van der Waals surface area (Å²) in [4.78, 5) is 24.2. The Morgan fingerprint density at radius 2 is 1.95 bits per heavy atom. The number of amides is 1. The number of rotatable bonds is 7. The van der Waals surface area contributed by atoms with E-state index in [0.29, 0.717) is 25.3 Å². The number of allylic oxidation sites excluding steroid dienone is 1. The predicted molar refractivity (Wildman–Crippen MR) is 82.7 cm³/mol. The van der Waals surface area contributed by atoms with Crippen LogP contribution in [0.25, 0.3) is 0 Å². The first-order valence-corrected chi connectivity index (χ1v) is 7.31. The van der Waals surface area contributed by atoms with E-state index < -0.39 is 15.9 Å². The van der Waals surface area contributed by atoms with E-state index >= 15 is 0 Å². The highest BCUT2D eigenvalue weighted by Crippen LogP contribution is 2.26. The number of carbonyl (C=O) groups excluding carboxylic acids is 2. The maximum atomic E-state index is 11.7. The van der Waals surface area contributed by atoms with Crippen LogP contribution in [0.15, 0.2) is 11.8 Å². The maximum Gasteiger partial charge on any atom is 0.409 e. The zero-order valence-corrected chi connectivity index (χ0v) is 14.4. The minimum Gasteiger partial charge on any atom is -0.466 e. The third-order valence-electron chi connectivity index (χ3n) is 2.32. The molecular weight excluding hydrogens is 343 g/mol. The molecule has 0 aromatic heterocycles. The molecule has 0 aliphatic rings. The number of nitrogens with one attached hydrogen (secondary N) is 1. The molecule has 6 nitrogen and oxygen atoms in total. The Hall–Kier alpha value is -0.850. The van der Waals surface area contributed by atoms with Gasteiger partial charge in [0.25, 0.3) is 0 Å². The lowest BCUT2D eigenvalue weighted by atomic mass is 10.4. The predicted octanol–water partition coefficient (Wildman–Crippen LogP) is 2.48. The summed E-state index contributed by atoms with van der Waals surface area (Å²) in [7, 11) is 1.30. The minimum atomic E-state index is -1.63. The van der Waals surface area contributed by atoms with E-state index in [1.165, 1.54) is 18.1 Å². The first-order valence-electron chi connectivity index (χ1n) is 6.18. The molecule has 0 unspecified atom stereocenters. The number of hydrogen-bond acceptors (Lipinski definition) is 5. The molecule has 0 radical (unpaired) electrons. The smallest absolute Gasteiger partial charge is 0.409 e. The number of halogens is 3. The number of methoxy groups -OCH3 is 1. The highest BCUT2D eigenvalue weighted by atomic mass is 35.6. The van der Waals surface area contributed by atoms with Crippen LogP contribution < -0.4 is 5.32 Å². The Balaban J connectivity index is 4.18. The van der Waals surface area contributed by atoms with Crippen molar-refractivity contribution in [2.45, 2.75) is 17.6 Å². The van der Waals surface area contributed by atoms with Crippen molar-refractivity contribution in [3.05, 3.63) is 11.8 Å². The Labute approximate surface area is 139 Å². The van der Waals surface area contributed by atoms with Gasteiger partial charge in [0.05, 0.1) is 7.11 Å². The van der Waals surface area contributed by atoms with Crippen molar-refractivity contribution in [2.75, 3.05) is 33.4 Å². The molecule has 21 heavy (non-hydrogen) atoms. The van der Waals surface area contributed by atoms with Crippen molar-refractivity contribution in [2.24, 2.45) is 0 Å². The molecule has 0 saturated carbocycles. The molecule has 0 heterocycles. The van der Waals surface area contributed by atoms with Crippen LogP contribution in [0.1, 0.15) is 13.8 Å². The van der Waals surface area contributed by atoms with Crippen LogP contribution in [-0.4, -0.2) is 54.1 Å². The van der Waals surface area contributed by atoms with Gasteiger partial charge in [-0.2, -0.15) is 0 Å². The number of likely N-dealkylation sites (N-methyl/N-ethyl adjacent to an activating group) is 1. The highest BCUT2D eigenvalue weighted by molar-refractivity contribution is 6.67. The first-order chi connectivity index (χ1) is 9.69. The molecule has 0 rings (SSSR count). The van der Waals surface area contributed by atoms with Crippen LogP contribution in [0.3, 0.4) is 0 Å². The molecule has 9 heteroatoms. The lowest BCUT2D eigenvalue weighted by Gasteiger charge is -2.22. The molecule has 0 bridgehead atoms. The second-order valence-electron chi connectivity index (χ2n) is 4.03. The first kappa shape index (κ1) is 20.1. The van der Waals surface area contributed by atoms with Gasteiger partial charge in [0, 0.05) is 31.4 Å². The van der Waals surface area contributed by atoms with Crippen molar-refractivity contribution in [3.8, 4) is 0 Å². The topological polar surface area (TPSA) is 67.9 Å². The largest absolute Gasteiger partial charge is 0.466 e. The van der Waals surface area contributed by atoms with Gasteiger partial charge in [-0.3, -0.25) is 0 Å². The molecular formula is C12H19Cl3N2O4. The van der Waals surface area contributed by atoms with Gasteiger partial charge in [0.2, 0.25) is 3.79 Å². The summed E-state index contributed by atoms with van der Waals surface area (Å²) in [5.41, 5.74) is 0.632. The molecule has 0 spiro atoms. The monoisotopic (exact) mass is 360 g/mol. The zero-order valence-electron chi connectivity index (χ0n) is 12.1. The van der Waals surface area contributed by atoms with Crippen LogP contribution in [0.4, 0.5) is 4.79 Å². The number of ether oxygens (including phenoxy) is 2. The maximum absolute atomic E-state index is 11.7. The SMILES string of the molecule is CCN(CCN/C(C)=C\C(=O)OC)C(=O)OCC(Cl)(Cl)Cl. The summed E-state index contributed by atoms with van der Waals surface area (Å²) in [5, 5.41) is 2.97. The molecule has 0 saturated heterocycles. The van der Waals surface area contributed by atoms with Gasteiger partial charge in [-0.15, -0.1) is 0 Å². The van der Waals surface area contributed by atoms with E-state index in [9.17, 15) is 9.59 Å². The van der Waals surface area contributed by atoms with Crippen molar-refractivity contribution in [1.82, 2.24) is 10.2 Å². The zero-order chi connectivity index (χ0) is 16.5. The summed E-state index contributed by atoms with van der Waals surface area (Å²) >= 11 is 16.5. The normalized spacial score (nSPS) is 11.8. The van der Waals surface area contributed by atoms with Crippen molar-refractivity contribution < 1.29 is 19.1 Å². The van der Waals surface area contributed by atoms with Gasteiger partial charge < -0.3 is 19.7 Å². The summed E-state index contributed by atoms with van der Waals surface area (Å²) < 4.78 is 7.74. The van der Waals surface area contributed by atoms with E-state index in [0.717, 1.165) is 0 Å². The van der Waals surface area contributed by atoms with Gasteiger partial charge in [-0.05, 0) is 13.8 Å². The molecule has 1 amide bonds. The van der Waals surface area contributed by atoms with Crippen molar-refractivity contribution in [3.63, 3.8) is 0 Å². The third-order valence-corrected chi connectivity index (χ3v) is 2.65. The van der Waals surface area contributed by atoms with Gasteiger partial charge in [-0.1, -0.05) is 34.8 Å². The van der Waals surface area contributed by atoms with Gasteiger partial charge in [0.15, 0.2) is 0 Å². The average Bonchev–Trinajstić information content (AvgIpc) is 2.40. The second kappa shape index (κ2) is 9.97. The molecule has 0 fully saturated rings. The fraction of sp³-hybridized carbons (Fsp3) is 0.667. The molecule has 0 atom stereocenters. The number of hydrogen-bond donors (Lipinski definition) is 1. The summed E-state index contributed by atoms with van der Waals surface area (Å²) in [6, 6.07) is 0. The van der Waals surface area contributed by atoms with Gasteiger partial charge >= 0.3 is 12.1 Å². The molecule has 122 valence electrons. The summed E-state index contributed by atoms with van der Waals surface area (Å²) in [6.45, 7) is 4.46. The standard InChI is InChI=1S/C12H19Cl3N2O4/c1-4-17(11(19)21-8-12(13,14)15)6-5-16-9(2)7-10(18)20-3/h7,16H,4-6,8H2,1-3H3/b9-7-. The number of esters is 1. The fourth-order valence-electron chi connectivity index (χ4n) is 1.29. The van der Waals surface area contributed by atoms with Crippen molar-refractivity contribution in [1.29, 1.82) is 0 Å². The molecule has 0 aromatic carbocycles. The van der Waals surface area contributed by atoms with E-state index in [4.69, 9.17) is 39.5 Å². The summed E-state index contributed by atoms with van der Waals surface area (Å²) in [5.74, 6) is -0.450. The Morgan fingerprint density at radius 3 is 2.43 bits per heavy atom.